The average Bonchev–Trinajstić information content (AvgIpc) is 3.62. The van der Waals surface area contributed by atoms with Crippen molar-refractivity contribution in [2.45, 2.75) is 40.8 Å². The van der Waals surface area contributed by atoms with Crippen LogP contribution in [0.5, 0.6) is 11.5 Å². The van der Waals surface area contributed by atoms with Gasteiger partial charge in [-0.1, -0.05) is 24.3 Å². The number of carbonyl (C=O) groups is 2. The van der Waals surface area contributed by atoms with Gasteiger partial charge in [0.05, 0.1) is 47.8 Å². The molecule has 4 aromatic carbocycles. The summed E-state index contributed by atoms with van der Waals surface area (Å²) >= 11 is 4.64. The summed E-state index contributed by atoms with van der Waals surface area (Å²) in [4.78, 5) is 20.4. The van der Waals surface area contributed by atoms with E-state index in [2.05, 4.69) is 52.0 Å². The Balaban J connectivity index is 0.000000208. The Kier molecular flexibility index (Phi) is 12.5. The lowest BCUT2D eigenvalue weighted by atomic mass is 10.1. The fourth-order valence-corrected chi connectivity index (χ4v) is 5.95. The Morgan fingerprint density at radius 2 is 1.12 bits per heavy atom. The summed E-state index contributed by atoms with van der Waals surface area (Å²) in [6.07, 6.45) is 0. The molecule has 0 spiro atoms. The predicted octanol–water partition coefficient (Wildman–Crippen LogP) is 8.73. The number of rotatable bonds is 7. The largest absolute Gasteiger partial charge is 0.497 e. The van der Waals surface area contributed by atoms with Gasteiger partial charge in [-0.15, -0.1) is 0 Å². The lowest BCUT2D eigenvalue weighted by Crippen LogP contribution is -2.05. The number of nitrogen functional groups attached to an aromatic ring is 1. The Hall–Kier alpha value is -6.23. The Morgan fingerprint density at radius 1 is 0.725 bits per heavy atom. The number of anilines is 2. The zero-order chi connectivity index (χ0) is 37.2. The molecule has 0 radical (unpaired) electrons. The maximum absolute atomic E-state index is 11.2. The molecule has 0 aliphatic rings. The van der Waals surface area contributed by atoms with Gasteiger partial charge in [0.15, 0.2) is 0 Å². The summed E-state index contributed by atoms with van der Waals surface area (Å²) in [7, 11) is 3.28. The van der Waals surface area contributed by atoms with Crippen LogP contribution in [0.1, 0.15) is 38.8 Å². The fourth-order valence-electron chi connectivity index (χ4n) is 5.95. The smallest absolute Gasteiger partial charge is 0.221 e. The van der Waals surface area contributed by atoms with E-state index >= 15 is 0 Å². The van der Waals surface area contributed by atoms with Gasteiger partial charge in [0.25, 0.3) is 0 Å². The van der Waals surface area contributed by atoms with E-state index in [-0.39, 0.29) is 11.1 Å². The second-order valence-corrected chi connectivity index (χ2v) is 11.8. The molecule has 0 saturated heterocycles. The maximum atomic E-state index is 11.2. The molecule has 0 saturated carbocycles. The van der Waals surface area contributed by atoms with Crippen LogP contribution in [0.2, 0.25) is 0 Å². The first-order valence-electron chi connectivity index (χ1n) is 16.1. The zero-order valence-corrected chi connectivity index (χ0v) is 30.1. The number of carbonyl (C=O) groups excluding carboxylic acids is 2. The van der Waals surface area contributed by atoms with E-state index in [1.807, 2.05) is 84.9 Å². The number of aromatic nitrogens is 2. The Labute approximate surface area is 302 Å². The van der Waals surface area contributed by atoms with Gasteiger partial charge in [0.2, 0.25) is 11.1 Å². The van der Waals surface area contributed by atoms with Crippen LogP contribution in [0.4, 0.5) is 11.4 Å². The molecular formula is C40H39ClN6O4. The molecular weight excluding hydrogens is 664 g/mol. The highest BCUT2D eigenvalue weighted by Crippen LogP contribution is 2.37. The molecule has 11 heteroatoms. The molecule has 0 atom stereocenters. The van der Waals surface area contributed by atoms with Gasteiger partial charge in [0, 0.05) is 61.2 Å². The first kappa shape index (κ1) is 37.6. The van der Waals surface area contributed by atoms with Gasteiger partial charge < -0.3 is 29.7 Å². The summed E-state index contributed by atoms with van der Waals surface area (Å²) in [5.74, 6) is 1.44. The van der Waals surface area contributed by atoms with Crippen LogP contribution in [0.3, 0.4) is 0 Å². The molecule has 260 valence electrons. The van der Waals surface area contributed by atoms with Gasteiger partial charge in [-0.2, -0.15) is 10.5 Å². The SMILES string of the molecule is CC(=O)Cl.CCn1c(-c2ccc(N)cc2)c(C#N)c2ccc(OC)cc21.CCn1c(-c2ccc(NC(C)=O)cc2)c(C#N)c2ccc(OC)cc21. The van der Waals surface area contributed by atoms with Crippen molar-refractivity contribution >= 4 is 55.9 Å². The lowest BCUT2D eigenvalue weighted by Gasteiger charge is -2.10. The highest BCUT2D eigenvalue weighted by Gasteiger charge is 2.20. The number of nitriles is 2. The van der Waals surface area contributed by atoms with Gasteiger partial charge in [-0.25, -0.2) is 0 Å². The number of hydrogen-bond acceptors (Lipinski definition) is 7. The highest BCUT2D eigenvalue weighted by atomic mass is 35.5. The van der Waals surface area contributed by atoms with Crippen LogP contribution in [-0.4, -0.2) is 34.5 Å². The number of methoxy groups -OCH3 is 2. The standard InChI is InChI=1S/C20H19N3O2.C18H17N3O.C2H3ClO/c1-4-23-19-11-16(25-3)9-10-17(19)18(12-21)20(23)14-5-7-15(8-6-14)22-13(2)24;1-3-21-17-10-14(22-2)8-9-15(17)16(11-19)18(21)12-4-6-13(20)7-5-12;1-2(3)4/h5-11H,4H2,1-3H3,(H,22,24);4-10H,3,20H2,1-2H3;1H3. The summed E-state index contributed by atoms with van der Waals surface area (Å²) in [6.45, 7) is 8.39. The molecule has 2 heterocycles. The van der Waals surface area contributed by atoms with Crippen molar-refractivity contribution in [3.05, 3.63) is 96.1 Å². The first-order valence-corrected chi connectivity index (χ1v) is 16.5. The second kappa shape index (κ2) is 16.9. The summed E-state index contributed by atoms with van der Waals surface area (Å²) in [6, 6.07) is 31.4. The van der Waals surface area contributed by atoms with Gasteiger partial charge in [0.1, 0.15) is 23.6 Å². The third-order valence-corrected chi connectivity index (χ3v) is 8.06. The summed E-state index contributed by atoms with van der Waals surface area (Å²) in [5.41, 5.74) is 14.2. The number of aryl methyl sites for hydroxylation is 2. The number of nitrogens with one attached hydrogen (secondary N) is 1. The van der Waals surface area contributed by atoms with Crippen LogP contribution < -0.4 is 20.5 Å². The molecule has 0 aliphatic carbocycles. The number of hydrogen-bond donors (Lipinski definition) is 2. The number of nitrogens with two attached hydrogens (primary N) is 1. The fraction of sp³-hybridized carbons (Fsp3) is 0.200. The molecule has 10 nitrogen and oxygen atoms in total. The lowest BCUT2D eigenvalue weighted by molar-refractivity contribution is -0.114. The van der Waals surface area contributed by atoms with Crippen molar-refractivity contribution in [3.8, 4) is 46.2 Å². The second-order valence-electron chi connectivity index (χ2n) is 11.3. The molecule has 6 rings (SSSR count). The third-order valence-electron chi connectivity index (χ3n) is 8.06. The van der Waals surface area contributed by atoms with Gasteiger partial charge >= 0.3 is 0 Å². The minimum atomic E-state index is -0.361. The van der Waals surface area contributed by atoms with E-state index in [4.69, 9.17) is 15.2 Å². The van der Waals surface area contributed by atoms with Crippen molar-refractivity contribution in [1.29, 1.82) is 10.5 Å². The van der Waals surface area contributed by atoms with E-state index in [0.29, 0.717) is 16.8 Å². The van der Waals surface area contributed by atoms with E-state index in [9.17, 15) is 20.1 Å². The Morgan fingerprint density at radius 3 is 1.45 bits per heavy atom. The van der Waals surface area contributed by atoms with Crippen LogP contribution in [0, 0.1) is 22.7 Å². The Bertz CT molecular complexity index is 2270. The average molecular weight is 703 g/mol. The summed E-state index contributed by atoms with van der Waals surface area (Å²) < 4.78 is 14.9. The molecule has 3 N–H and O–H groups in total. The normalized spacial score (nSPS) is 10.2. The van der Waals surface area contributed by atoms with E-state index in [1.54, 1.807) is 14.2 Å². The van der Waals surface area contributed by atoms with Crippen molar-refractivity contribution in [2.75, 3.05) is 25.3 Å². The van der Waals surface area contributed by atoms with Crippen molar-refractivity contribution in [3.63, 3.8) is 0 Å². The molecule has 0 bridgehead atoms. The molecule has 0 unspecified atom stereocenters. The highest BCUT2D eigenvalue weighted by molar-refractivity contribution is 6.62. The maximum Gasteiger partial charge on any atom is 0.221 e. The quantitative estimate of drug-likeness (QED) is 0.125. The minimum Gasteiger partial charge on any atom is -0.497 e. The number of ether oxygens (including phenoxy) is 2. The molecule has 2 aromatic heterocycles. The molecule has 0 fully saturated rings. The van der Waals surface area contributed by atoms with Crippen molar-refractivity contribution in [1.82, 2.24) is 9.13 Å². The van der Waals surface area contributed by atoms with E-state index in [1.165, 1.54) is 13.8 Å². The van der Waals surface area contributed by atoms with Gasteiger partial charge in [-0.3, -0.25) is 9.59 Å². The van der Waals surface area contributed by atoms with E-state index in [0.717, 1.165) is 74.6 Å². The topological polar surface area (TPSA) is 148 Å². The van der Waals surface area contributed by atoms with Crippen LogP contribution >= 0.6 is 11.6 Å². The van der Waals surface area contributed by atoms with Crippen molar-refractivity contribution in [2.24, 2.45) is 0 Å². The van der Waals surface area contributed by atoms with Crippen LogP contribution in [0.25, 0.3) is 44.3 Å². The number of halogens is 1. The van der Waals surface area contributed by atoms with Gasteiger partial charge in [-0.05, 0) is 85.1 Å². The van der Waals surface area contributed by atoms with E-state index < -0.39 is 0 Å². The monoisotopic (exact) mass is 702 g/mol. The van der Waals surface area contributed by atoms with Crippen LogP contribution in [0.15, 0.2) is 84.9 Å². The summed E-state index contributed by atoms with van der Waals surface area (Å²) in [5, 5.41) is 23.6. The predicted molar refractivity (Wildman–Crippen MR) is 204 cm³/mol. The number of fused-ring (bicyclic) bond motifs is 2. The molecule has 0 aliphatic heterocycles. The molecule has 51 heavy (non-hydrogen) atoms. The number of benzene rings is 4. The van der Waals surface area contributed by atoms with Crippen LogP contribution in [-0.2, 0) is 22.7 Å². The van der Waals surface area contributed by atoms with Crippen molar-refractivity contribution < 1.29 is 19.1 Å². The molecule has 1 amide bonds. The first-order chi connectivity index (χ1) is 24.5. The molecule has 6 aromatic rings. The number of amides is 1. The number of nitrogens with zero attached hydrogens (tertiary/aromatic N) is 4. The third kappa shape index (κ3) is 8.33. The minimum absolute atomic E-state index is 0.111. The zero-order valence-electron chi connectivity index (χ0n) is 29.4.